The van der Waals surface area contributed by atoms with Gasteiger partial charge in [0, 0.05) is 6.42 Å². The predicted octanol–water partition coefficient (Wildman–Crippen LogP) is 1.72. The van der Waals surface area contributed by atoms with Crippen LogP contribution < -0.4 is 5.32 Å². The molecule has 0 aliphatic rings. The molecular weight excluding hydrogens is 272 g/mol. The Morgan fingerprint density at radius 1 is 1.29 bits per heavy atom. The van der Waals surface area contributed by atoms with Gasteiger partial charge in [-0.25, -0.2) is 4.79 Å². The average molecular weight is 288 g/mol. The first-order valence-corrected chi connectivity index (χ1v) is 6.49. The van der Waals surface area contributed by atoms with E-state index in [9.17, 15) is 14.7 Å². The quantitative estimate of drug-likeness (QED) is 0.874. The molecule has 2 rings (SSSR count). The number of carbonyl (C=O) groups is 2. The number of aryl methyl sites for hydroxylation is 2. The number of nitrogens with one attached hydrogen (secondary N) is 1. The first-order chi connectivity index (χ1) is 9.99. The van der Waals surface area contributed by atoms with Crippen molar-refractivity contribution in [3.8, 4) is 0 Å². The van der Waals surface area contributed by atoms with E-state index in [1.54, 1.807) is 13.8 Å². The normalized spacial score (nSPS) is 11.9. The summed E-state index contributed by atoms with van der Waals surface area (Å²) in [5.74, 6) is -1.21. The molecule has 1 unspecified atom stereocenters. The van der Waals surface area contributed by atoms with Crippen LogP contribution in [0.5, 0.6) is 0 Å². The van der Waals surface area contributed by atoms with Gasteiger partial charge < -0.3 is 14.9 Å². The Morgan fingerprint density at radius 2 is 1.95 bits per heavy atom. The van der Waals surface area contributed by atoms with E-state index in [0.29, 0.717) is 11.5 Å². The van der Waals surface area contributed by atoms with Crippen LogP contribution in [-0.4, -0.2) is 28.2 Å². The summed E-state index contributed by atoms with van der Waals surface area (Å²) in [6.07, 6.45) is 0.214. The maximum Gasteiger partial charge on any atom is 0.326 e. The fraction of sp³-hybridized carbons (Fsp3) is 0.267. The van der Waals surface area contributed by atoms with Crippen molar-refractivity contribution in [3.63, 3.8) is 0 Å². The summed E-state index contributed by atoms with van der Waals surface area (Å²) in [5.41, 5.74) is 1.56. The fourth-order valence-corrected chi connectivity index (χ4v) is 2.09. The van der Waals surface area contributed by atoms with Crippen LogP contribution in [0.3, 0.4) is 0 Å². The number of rotatable bonds is 5. The molecule has 0 radical (unpaired) electrons. The van der Waals surface area contributed by atoms with Crippen molar-refractivity contribution < 1.29 is 19.2 Å². The standard InChI is InChI=1S/C15H16N2O4/c1-9-13(10(2)21-17-9)14(18)16-12(15(19)20)8-11-6-4-3-5-7-11/h3-7,12H,8H2,1-2H3,(H,16,18)(H,19,20). The van der Waals surface area contributed by atoms with E-state index in [-0.39, 0.29) is 12.0 Å². The fourth-order valence-electron chi connectivity index (χ4n) is 2.09. The molecule has 2 aromatic rings. The van der Waals surface area contributed by atoms with Gasteiger partial charge in [-0.1, -0.05) is 35.5 Å². The van der Waals surface area contributed by atoms with Gasteiger partial charge in [0.1, 0.15) is 17.4 Å². The highest BCUT2D eigenvalue weighted by Gasteiger charge is 2.24. The van der Waals surface area contributed by atoms with Crippen molar-refractivity contribution in [3.05, 3.63) is 52.9 Å². The van der Waals surface area contributed by atoms with E-state index in [1.807, 2.05) is 30.3 Å². The molecule has 1 aromatic heterocycles. The van der Waals surface area contributed by atoms with Gasteiger partial charge in [-0.15, -0.1) is 0 Å². The molecule has 0 saturated heterocycles. The summed E-state index contributed by atoms with van der Waals surface area (Å²) < 4.78 is 4.92. The Morgan fingerprint density at radius 3 is 2.48 bits per heavy atom. The minimum absolute atomic E-state index is 0.214. The van der Waals surface area contributed by atoms with Crippen LogP contribution in [0.4, 0.5) is 0 Å². The molecule has 1 aromatic carbocycles. The van der Waals surface area contributed by atoms with E-state index >= 15 is 0 Å². The van der Waals surface area contributed by atoms with E-state index in [2.05, 4.69) is 10.5 Å². The lowest BCUT2D eigenvalue weighted by atomic mass is 10.1. The molecule has 21 heavy (non-hydrogen) atoms. The molecule has 0 spiro atoms. The monoisotopic (exact) mass is 288 g/mol. The number of amides is 1. The lowest BCUT2D eigenvalue weighted by Gasteiger charge is -2.14. The van der Waals surface area contributed by atoms with Crippen LogP contribution >= 0.6 is 0 Å². The Kier molecular flexibility index (Phi) is 4.37. The van der Waals surface area contributed by atoms with Crippen molar-refractivity contribution in [2.24, 2.45) is 0 Å². The summed E-state index contributed by atoms with van der Waals surface area (Å²) >= 11 is 0. The molecule has 6 nitrogen and oxygen atoms in total. The van der Waals surface area contributed by atoms with Gasteiger partial charge in [-0.2, -0.15) is 0 Å². The van der Waals surface area contributed by atoms with Crippen LogP contribution in [0.15, 0.2) is 34.9 Å². The maximum absolute atomic E-state index is 12.2. The second-order valence-electron chi connectivity index (χ2n) is 4.75. The van der Waals surface area contributed by atoms with Gasteiger partial charge >= 0.3 is 5.97 Å². The molecule has 0 aliphatic carbocycles. The van der Waals surface area contributed by atoms with E-state index in [1.165, 1.54) is 0 Å². The Bertz CT molecular complexity index is 629. The number of carbonyl (C=O) groups excluding carboxylic acids is 1. The predicted molar refractivity (Wildman–Crippen MR) is 75.0 cm³/mol. The van der Waals surface area contributed by atoms with E-state index in [4.69, 9.17) is 4.52 Å². The third-order valence-corrected chi connectivity index (χ3v) is 3.15. The number of hydrogen-bond acceptors (Lipinski definition) is 4. The number of hydrogen-bond donors (Lipinski definition) is 2. The first-order valence-electron chi connectivity index (χ1n) is 6.49. The third-order valence-electron chi connectivity index (χ3n) is 3.15. The summed E-state index contributed by atoms with van der Waals surface area (Å²) in [5, 5.41) is 15.5. The molecular formula is C15H16N2O4. The van der Waals surface area contributed by atoms with Crippen LogP contribution in [0, 0.1) is 13.8 Å². The van der Waals surface area contributed by atoms with Crippen molar-refractivity contribution in [2.75, 3.05) is 0 Å². The number of nitrogens with zero attached hydrogens (tertiary/aromatic N) is 1. The van der Waals surface area contributed by atoms with Gasteiger partial charge in [-0.05, 0) is 19.4 Å². The highest BCUT2D eigenvalue weighted by Crippen LogP contribution is 2.13. The Hall–Kier alpha value is -2.63. The zero-order chi connectivity index (χ0) is 15.4. The zero-order valence-electron chi connectivity index (χ0n) is 11.8. The summed E-state index contributed by atoms with van der Waals surface area (Å²) in [4.78, 5) is 23.5. The minimum atomic E-state index is -1.08. The second-order valence-corrected chi connectivity index (χ2v) is 4.75. The van der Waals surface area contributed by atoms with Crippen molar-refractivity contribution >= 4 is 11.9 Å². The van der Waals surface area contributed by atoms with E-state index < -0.39 is 17.9 Å². The summed E-state index contributed by atoms with van der Waals surface area (Å²) in [6.45, 7) is 3.25. The van der Waals surface area contributed by atoms with Crippen LogP contribution in [0.25, 0.3) is 0 Å². The van der Waals surface area contributed by atoms with E-state index in [0.717, 1.165) is 5.56 Å². The minimum Gasteiger partial charge on any atom is -0.480 e. The molecule has 110 valence electrons. The summed E-state index contributed by atoms with van der Waals surface area (Å²) in [6, 6.07) is 8.13. The van der Waals surface area contributed by atoms with Gasteiger partial charge in [-0.3, -0.25) is 4.79 Å². The van der Waals surface area contributed by atoms with Crippen molar-refractivity contribution in [1.82, 2.24) is 10.5 Å². The Balaban J connectivity index is 2.14. The molecule has 6 heteroatoms. The molecule has 2 N–H and O–H groups in total. The SMILES string of the molecule is Cc1noc(C)c1C(=O)NC(Cc1ccccc1)C(=O)O. The molecule has 1 amide bonds. The number of carboxylic acids is 1. The highest BCUT2D eigenvalue weighted by atomic mass is 16.5. The van der Waals surface area contributed by atoms with Gasteiger partial charge in [0.2, 0.25) is 0 Å². The number of benzene rings is 1. The van der Waals surface area contributed by atoms with Crippen LogP contribution in [0.1, 0.15) is 27.4 Å². The number of carboxylic acid groups (broad SMARTS) is 1. The average Bonchev–Trinajstić information content (AvgIpc) is 2.78. The molecule has 0 fully saturated rings. The molecule has 0 bridgehead atoms. The maximum atomic E-state index is 12.2. The molecule has 1 heterocycles. The first kappa shape index (κ1) is 14.8. The lowest BCUT2D eigenvalue weighted by Crippen LogP contribution is -2.42. The van der Waals surface area contributed by atoms with Crippen LogP contribution in [0.2, 0.25) is 0 Å². The number of aliphatic carboxylic acids is 1. The smallest absolute Gasteiger partial charge is 0.326 e. The largest absolute Gasteiger partial charge is 0.480 e. The second kappa shape index (κ2) is 6.21. The van der Waals surface area contributed by atoms with Crippen LogP contribution in [-0.2, 0) is 11.2 Å². The third kappa shape index (κ3) is 3.47. The molecule has 1 atom stereocenters. The number of aromatic nitrogens is 1. The summed E-state index contributed by atoms with van der Waals surface area (Å²) in [7, 11) is 0. The lowest BCUT2D eigenvalue weighted by molar-refractivity contribution is -0.139. The molecule has 0 saturated carbocycles. The zero-order valence-corrected chi connectivity index (χ0v) is 11.8. The van der Waals surface area contributed by atoms with Gasteiger partial charge in [0.05, 0.1) is 5.69 Å². The molecule has 0 aliphatic heterocycles. The van der Waals surface area contributed by atoms with Crippen molar-refractivity contribution in [2.45, 2.75) is 26.3 Å². The Labute approximate surface area is 121 Å². The van der Waals surface area contributed by atoms with Crippen molar-refractivity contribution in [1.29, 1.82) is 0 Å². The van der Waals surface area contributed by atoms with Gasteiger partial charge in [0.25, 0.3) is 5.91 Å². The topological polar surface area (TPSA) is 92.4 Å². The highest BCUT2D eigenvalue weighted by molar-refractivity contribution is 5.98. The van der Waals surface area contributed by atoms with Gasteiger partial charge in [0.15, 0.2) is 0 Å².